The highest BCUT2D eigenvalue weighted by molar-refractivity contribution is 5.89. The van der Waals surface area contributed by atoms with Crippen molar-refractivity contribution in [3.05, 3.63) is 12.3 Å². The number of hydrogen-bond donors (Lipinski definition) is 2. The highest BCUT2D eigenvalue weighted by atomic mass is 16.4. The van der Waals surface area contributed by atoms with Crippen LogP contribution in [0.3, 0.4) is 0 Å². The van der Waals surface area contributed by atoms with Crippen LogP contribution >= 0.6 is 0 Å². The third-order valence-electron chi connectivity index (χ3n) is 4.64. The second-order valence-corrected chi connectivity index (χ2v) is 5.70. The van der Waals surface area contributed by atoms with E-state index < -0.39 is 11.4 Å². The summed E-state index contributed by atoms with van der Waals surface area (Å²) in [6, 6.07) is 1.46. The van der Waals surface area contributed by atoms with Crippen molar-refractivity contribution >= 4 is 17.8 Å². The van der Waals surface area contributed by atoms with Crippen molar-refractivity contribution in [1.82, 2.24) is 14.7 Å². The predicted octanol–water partition coefficient (Wildman–Crippen LogP) is 1.14. The molecule has 2 heterocycles. The molecule has 7 nitrogen and oxygen atoms in total. The minimum absolute atomic E-state index is 0.0808. The molecule has 1 aromatic rings. The second-order valence-electron chi connectivity index (χ2n) is 5.70. The zero-order chi connectivity index (χ0) is 14.3. The molecule has 1 aliphatic carbocycles. The SMILES string of the molecule is Cn1nccc1NC(=O)N1C[C@@H]2CCC[C@@]2(C(=O)O)C1. The number of fused-ring (bicyclic) bond motifs is 1. The average molecular weight is 278 g/mol. The summed E-state index contributed by atoms with van der Waals surface area (Å²) in [6.07, 6.45) is 4.10. The maximum absolute atomic E-state index is 12.2. The number of aromatic nitrogens is 2. The standard InChI is InChI=1S/C13H18N4O3/c1-16-10(4-6-14-16)15-12(20)17-7-9-3-2-5-13(9,8-17)11(18)19/h4,6,9H,2-3,5,7-8H2,1H3,(H,15,20)(H,18,19)/t9-,13+/m0/s1. The summed E-state index contributed by atoms with van der Waals surface area (Å²) in [5.74, 6) is -0.0791. The Morgan fingerprint density at radius 3 is 2.95 bits per heavy atom. The normalized spacial score (nSPS) is 28.4. The number of carboxylic acids is 1. The molecule has 0 radical (unpaired) electrons. The minimum atomic E-state index is -0.768. The van der Waals surface area contributed by atoms with E-state index in [0.29, 0.717) is 25.3 Å². The Morgan fingerprint density at radius 1 is 1.55 bits per heavy atom. The van der Waals surface area contributed by atoms with Crippen LogP contribution in [0.2, 0.25) is 0 Å². The zero-order valence-corrected chi connectivity index (χ0v) is 11.4. The van der Waals surface area contributed by atoms with Crippen LogP contribution in [-0.4, -0.2) is 44.9 Å². The van der Waals surface area contributed by atoms with Crippen molar-refractivity contribution in [2.24, 2.45) is 18.4 Å². The van der Waals surface area contributed by atoms with Crippen molar-refractivity contribution < 1.29 is 14.7 Å². The van der Waals surface area contributed by atoms with Crippen molar-refractivity contribution in [2.45, 2.75) is 19.3 Å². The summed E-state index contributed by atoms with van der Waals surface area (Å²) in [5.41, 5.74) is -0.732. The molecule has 2 atom stereocenters. The Bertz CT molecular complexity index is 556. The molecule has 1 aromatic heterocycles. The second kappa shape index (κ2) is 4.50. The summed E-state index contributed by atoms with van der Waals surface area (Å²) in [7, 11) is 1.74. The molecule has 2 N–H and O–H groups in total. The molecular formula is C13H18N4O3. The predicted molar refractivity (Wildman–Crippen MR) is 71.2 cm³/mol. The van der Waals surface area contributed by atoms with E-state index >= 15 is 0 Å². The lowest BCUT2D eigenvalue weighted by atomic mass is 9.81. The smallest absolute Gasteiger partial charge is 0.323 e. The van der Waals surface area contributed by atoms with Crippen LogP contribution in [-0.2, 0) is 11.8 Å². The molecule has 1 saturated carbocycles. The topological polar surface area (TPSA) is 87.5 Å². The molecule has 0 unspecified atom stereocenters. The molecule has 0 bridgehead atoms. The number of aliphatic carboxylic acids is 1. The molecule has 2 aliphatic rings. The summed E-state index contributed by atoms with van der Waals surface area (Å²) in [6.45, 7) is 0.826. The Labute approximate surface area is 116 Å². The van der Waals surface area contributed by atoms with E-state index in [-0.39, 0.29) is 11.9 Å². The largest absolute Gasteiger partial charge is 0.481 e. The maximum atomic E-state index is 12.2. The van der Waals surface area contributed by atoms with Crippen LogP contribution < -0.4 is 5.32 Å². The van der Waals surface area contributed by atoms with E-state index in [1.807, 2.05) is 0 Å². The molecule has 20 heavy (non-hydrogen) atoms. The van der Waals surface area contributed by atoms with Crippen LogP contribution in [0.1, 0.15) is 19.3 Å². The van der Waals surface area contributed by atoms with Crippen LogP contribution in [0.15, 0.2) is 12.3 Å². The molecule has 0 spiro atoms. The average Bonchev–Trinajstić information content (AvgIpc) is 3.03. The van der Waals surface area contributed by atoms with Gasteiger partial charge in [-0.3, -0.25) is 14.8 Å². The Balaban J connectivity index is 1.72. The van der Waals surface area contributed by atoms with E-state index in [2.05, 4.69) is 10.4 Å². The van der Waals surface area contributed by atoms with Crippen LogP contribution in [0, 0.1) is 11.3 Å². The lowest BCUT2D eigenvalue weighted by Crippen LogP contribution is -2.39. The number of carbonyl (C=O) groups is 2. The summed E-state index contributed by atoms with van der Waals surface area (Å²) in [5, 5.41) is 16.3. The number of nitrogens with one attached hydrogen (secondary N) is 1. The monoisotopic (exact) mass is 278 g/mol. The van der Waals surface area contributed by atoms with Crippen LogP contribution in [0.4, 0.5) is 10.6 Å². The summed E-state index contributed by atoms with van der Waals surface area (Å²) in [4.78, 5) is 25.4. The molecule has 108 valence electrons. The van der Waals surface area contributed by atoms with Gasteiger partial charge >= 0.3 is 12.0 Å². The number of anilines is 1. The zero-order valence-electron chi connectivity index (χ0n) is 11.4. The quantitative estimate of drug-likeness (QED) is 0.849. The molecule has 1 saturated heterocycles. The first kappa shape index (κ1) is 13.0. The molecular weight excluding hydrogens is 260 g/mol. The van der Waals surface area contributed by atoms with E-state index in [4.69, 9.17) is 0 Å². The first-order valence-corrected chi connectivity index (χ1v) is 6.80. The molecule has 1 aliphatic heterocycles. The van der Waals surface area contributed by atoms with E-state index in [9.17, 15) is 14.7 Å². The Kier molecular flexibility index (Phi) is 2.92. The van der Waals surface area contributed by atoms with Crippen molar-refractivity contribution in [1.29, 1.82) is 0 Å². The van der Waals surface area contributed by atoms with Crippen LogP contribution in [0.5, 0.6) is 0 Å². The number of amides is 2. The molecule has 2 amide bonds. The van der Waals surface area contributed by atoms with Gasteiger partial charge in [0.05, 0.1) is 11.6 Å². The van der Waals surface area contributed by atoms with Gasteiger partial charge in [0.1, 0.15) is 5.82 Å². The van der Waals surface area contributed by atoms with Gasteiger partial charge in [0, 0.05) is 26.2 Å². The van der Waals surface area contributed by atoms with Gasteiger partial charge in [-0.05, 0) is 18.8 Å². The Morgan fingerprint density at radius 2 is 2.35 bits per heavy atom. The number of carboxylic acid groups (broad SMARTS) is 1. The third kappa shape index (κ3) is 1.85. The number of aryl methyl sites for hydroxylation is 1. The van der Waals surface area contributed by atoms with Crippen molar-refractivity contribution in [2.75, 3.05) is 18.4 Å². The summed E-state index contributed by atoms with van der Waals surface area (Å²) < 4.78 is 1.57. The fourth-order valence-corrected chi connectivity index (χ4v) is 3.48. The number of carbonyl (C=O) groups excluding carboxylic acids is 1. The van der Waals surface area contributed by atoms with Gasteiger partial charge < -0.3 is 10.0 Å². The first-order valence-electron chi connectivity index (χ1n) is 6.80. The lowest BCUT2D eigenvalue weighted by Gasteiger charge is -2.23. The van der Waals surface area contributed by atoms with Gasteiger partial charge in [-0.15, -0.1) is 0 Å². The van der Waals surface area contributed by atoms with E-state index in [1.165, 1.54) is 0 Å². The van der Waals surface area contributed by atoms with E-state index in [1.54, 1.807) is 28.9 Å². The highest BCUT2D eigenvalue weighted by Gasteiger charge is 2.55. The fourth-order valence-electron chi connectivity index (χ4n) is 3.48. The lowest BCUT2D eigenvalue weighted by molar-refractivity contribution is -0.149. The van der Waals surface area contributed by atoms with Gasteiger partial charge in [-0.2, -0.15) is 5.10 Å². The number of nitrogens with zero attached hydrogens (tertiary/aromatic N) is 3. The minimum Gasteiger partial charge on any atom is -0.481 e. The first-order chi connectivity index (χ1) is 9.53. The number of rotatable bonds is 2. The number of likely N-dealkylation sites (tertiary alicyclic amines) is 1. The summed E-state index contributed by atoms with van der Waals surface area (Å²) >= 11 is 0. The molecule has 7 heteroatoms. The van der Waals surface area contributed by atoms with Gasteiger partial charge in [0.25, 0.3) is 0 Å². The van der Waals surface area contributed by atoms with Gasteiger partial charge in [0.15, 0.2) is 0 Å². The van der Waals surface area contributed by atoms with Gasteiger partial charge in [0.2, 0.25) is 0 Å². The fraction of sp³-hybridized carbons (Fsp3) is 0.615. The van der Waals surface area contributed by atoms with E-state index in [0.717, 1.165) is 12.8 Å². The van der Waals surface area contributed by atoms with Crippen molar-refractivity contribution in [3.63, 3.8) is 0 Å². The number of urea groups is 1. The maximum Gasteiger partial charge on any atom is 0.323 e. The molecule has 3 rings (SSSR count). The highest BCUT2D eigenvalue weighted by Crippen LogP contribution is 2.48. The third-order valence-corrected chi connectivity index (χ3v) is 4.64. The molecule has 0 aromatic carbocycles. The Hall–Kier alpha value is -2.05. The van der Waals surface area contributed by atoms with Crippen LogP contribution in [0.25, 0.3) is 0 Å². The van der Waals surface area contributed by atoms with Gasteiger partial charge in [-0.1, -0.05) is 6.42 Å². The van der Waals surface area contributed by atoms with Crippen molar-refractivity contribution in [3.8, 4) is 0 Å². The number of hydrogen-bond acceptors (Lipinski definition) is 3. The van der Waals surface area contributed by atoms with Gasteiger partial charge in [-0.25, -0.2) is 4.79 Å². The molecule has 2 fully saturated rings.